The lowest BCUT2D eigenvalue weighted by atomic mass is 9.81. The molecule has 1 aromatic carbocycles. The summed E-state index contributed by atoms with van der Waals surface area (Å²) in [6, 6.07) is 11.4. The van der Waals surface area contributed by atoms with Crippen molar-refractivity contribution in [1.82, 2.24) is 10.2 Å². The number of nitrogens with zero attached hydrogens (tertiary/aromatic N) is 1. The van der Waals surface area contributed by atoms with Gasteiger partial charge in [-0.2, -0.15) is 0 Å². The van der Waals surface area contributed by atoms with Crippen molar-refractivity contribution >= 4 is 23.2 Å². The Morgan fingerprint density at radius 1 is 1.19 bits per heavy atom. The summed E-state index contributed by atoms with van der Waals surface area (Å²) < 4.78 is 0. The van der Waals surface area contributed by atoms with Gasteiger partial charge in [-0.05, 0) is 42.3 Å². The average Bonchev–Trinajstić information content (AvgIpc) is 3.17. The van der Waals surface area contributed by atoms with E-state index in [1.54, 1.807) is 11.3 Å². The molecule has 1 aromatic heterocycles. The van der Waals surface area contributed by atoms with E-state index in [1.165, 1.54) is 0 Å². The Kier molecular flexibility index (Phi) is 6.00. The first kappa shape index (κ1) is 19.6. The molecule has 144 valence electrons. The maximum atomic E-state index is 13.3. The van der Waals surface area contributed by atoms with Crippen LogP contribution >= 0.6 is 11.3 Å². The summed E-state index contributed by atoms with van der Waals surface area (Å²) in [5.74, 6) is -0.0630. The number of hydrogen-bond donors (Lipinski definition) is 1. The first-order valence-electron chi connectivity index (χ1n) is 9.67. The van der Waals surface area contributed by atoms with E-state index in [4.69, 9.17) is 0 Å². The van der Waals surface area contributed by atoms with Crippen molar-refractivity contribution < 1.29 is 9.59 Å². The van der Waals surface area contributed by atoms with Gasteiger partial charge in [0.25, 0.3) is 5.91 Å². The Hall–Kier alpha value is -2.14. The van der Waals surface area contributed by atoms with Gasteiger partial charge in [0, 0.05) is 23.0 Å². The number of amides is 2. The highest BCUT2D eigenvalue weighted by atomic mass is 32.1. The molecule has 4 nitrogen and oxygen atoms in total. The third kappa shape index (κ3) is 3.93. The maximum absolute atomic E-state index is 13.3. The molecule has 0 unspecified atom stereocenters. The first-order chi connectivity index (χ1) is 12.9. The summed E-state index contributed by atoms with van der Waals surface area (Å²) in [5, 5.41) is 5.16. The van der Waals surface area contributed by atoms with Gasteiger partial charge in [0.1, 0.15) is 0 Å². The van der Waals surface area contributed by atoms with Gasteiger partial charge < -0.3 is 10.2 Å². The number of thiophene rings is 1. The van der Waals surface area contributed by atoms with E-state index in [0.29, 0.717) is 18.0 Å². The number of nitrogens with one attached hydrogen (secondary N) is 1. The minimum Gasteiger partial charge on any atom is -0.353 e. The largest absolute Gasteiger partial charge is 0.353 e. The first-order valence-corrected chi connectivity index (χ1v) is 10.6. The molecule has 2 heterocycles. The van der Waals surface area contributed by atoms with Crippen LogP contribution in [0.2, 0.25) is 0 Å². The summed E-state index contributed by atoms with van der Waals surface area (Å²) in [6.45, 7) is 8.92. The number of benzene rings is 1. The zero-order valence-electron chi connectivity index (χ0n) is 16.4. The van der Waals surface area contributed by atoms with Crippen molar-refractivity contribution in [1.29, 1.82) is 0 Å². The van der Waals surface area contributed by atoms with Crippen LogP contribution in [-0.2, 0) is 4.79 Å². The van der Waals surface area contributed by atoms with Crippen molar-refractivity contribution in [3.8, 4) is 0 Å². The number of carbonyl (C=O) groups is 2. The van der Waals surface area contributed by atoms with Crippen LogP contribution in [0.1, 0.15) is 66.9 Å². The molecule has 0 saturated heterocycles. The summed E-state index contributed by atoms with van der Waals surface area (Å²) in [6.07, 6.45) is 0.873. The quantitative estimate of drug-likeness (QED) is 0.791. The fourth-order valence-electron chi connectivity index (χ4n) is 3.68. The van der Waals surface area contributed by atoms with E-state index in [-0.39, 0.29) is 23.9 Å². The lowest BCUT2D eigenvalue weighted by Gasteiger charge is -2.42. The Morgan fingerprint density at radius 3 is 2.56 bits per heavy atom. The Bertz CT molecular complexity index is 800. The summed E-state index contributed by atoms with van der Waals surface area (Å²) in [4.78, 5) is 29.6. The molecule has 0 fully saturated rings. The van der Waals surface area contributed by atoms with Gasteiger partial charge in [-0.25, -0.2) is 0 Å². The van der Waals surface area contributed by atoms with Crippen molar-refractivity contribution in [2.24, 2.45) is 5.92 Å². The highest BCUT2D eigenvalue weighted by Crippen LogP contribution is 2.44. The molecule has 0 saturated carbocycles. The molecule has 3 atom stereocenters. The fourth-order valence-corrected chi connectivity index (χ4v) is 4.55. The molecule has 0 aliphatic carbocycles. The second-order valence-electron chi connectivity index (χ2n) is 7.69. The van der Waals surface area contributed by atoms with Gasteiger partial charge in [0.2, 0.25) is 5.91 Å². The van der Waals surface area contributed by atoms with Crippen molar-refractivity contribution in [3.05, 3.63) is 57.8 Å². The van der Waals surface area contributed by atoms with Crippen LogP contribution in [-0.4, -0.2) is 29.3 Å². The van der Waals surface area contributed by atoms with Crippen LogP contribution < -0.4 is 5.32 Å². The third-order valence-corrected chi connectivity index (χ3v) is 6.06. The predicted molar refractivity (Wildman–Crippen MR) is 110 cm³/mol. The van der Waals surface area contributed by atoms with Crippen LogP contribution in [0.5, 0.6) is 0 Å². The molecule has 1 aliphatic rings. The van der Waals surface area contributed by atoms with Gasteiger partial charge >= 0.3 is 0 Å². The standard InChI is InChI=1S/C22H28N2O2S/c1-5-15(4)23-21(25)19-16-9-6-7-10-17(16)22(26)24(13-14(2)3)20(19)18-11-8-12-27-18/h6-12,14-15,19-20H,5,13H2,1-4H3,(H,23,25)/t15-,19-,20-/m0/s1. The second-order valence-corrected chi connectivity index (χ2v) is 8.67. The maximum Gasteiger partial charge on any atom is 0.254 e. The minimum absolute atomic E-state index is 0.00328. The number of carbonyl (C=O) groups excluding carboxylic acids is 2. The number of rotatable bonds is 6. The molecule has 27 heavy (non-hydrogen) atoms. The molecule has 5 heteroatoms. The number of hydrogen-bond acceptors (Lipinski definition) is 3. The van der Waals surface area contributed by atoms with E-state index >= 15 is 0 Å². The SMILES string of the molecule is CC[C@H](C)NC(=O)[C@H]1c2ccccc2C(=O)N(CC(C)C)[C@H]1c1cccs1. The van der Waals surface area contributed by atoms with Crippen molar-refractivity contribution in [2.45, 2.75) is 52.1 Å². The number of fused-ring (bicyclic) bond motifs is 1. The Labute approximate surface area is 165 Å². The predicted octanol–water partition coefficient (Wildman–Crippen LogP) is 4.60. The van der Waals surface area contributed by atoms with Crippen LogP contribution in [0.3, 0.4) is 0 Å². The molecule has 2 aromatic rings. The summed E-state index contributed by atoms with van der Waals surface area (Å²) in [5.41, 5.74) is 1.48. The molecule has 0 bridgehead atoms. The van der Waals surface area contributed by atoms with E-state index in [9.17, 15) is 9.59 Å². The lowest BCUT2D eigenvalue weighted by molar-refractivity contribution is -0.124. The van der Waals surface area contributed by atoms with E-state index in [1.807, 2.05) is 53.6 Å². The molecule has 1 aliphatic heterocycles. The Morgan fingerprint density at radius 2 is 1.93 bits per heavy atom. The van der Waals surface area contributed by atoms with E-state index < -0.39 is 5.92 Å². The molecular weight excluding hydrogens is 356 g/mol. The van der Waals surface area contributed by atoms with Crippen molar-refractivity contribution in [3.63, 3.8) is 0 Å². The van der Waals surface area contributed by atoms with Crippen LogP contribution in [0.15, 0.2) is 41.8 Å². The van der Waals surface area contributed by atoms with E-state index in [2.05, 4.69) is 26.1 Å². The highest BCUT2D eigenvalue weighted by molar-refractivity contribution is 7.10. The molecular formula is C22H28N2O2S. The topological polar surface area (TPSA) is 49.4 Å². The highest BCUT2D eigenvalue weighted by Gasteiger charge is 2.44. The van der Waals surface area contributed by atoms with Gasteiger partial charge in [0.15, 0.2) is 0 Å². The van der Waals surface area contributed by atoms with Gasteiger partial charge in [0.05, 0.1) is 12.0 Å². The monoisotopic (exact) mass is 384 g/mol. The smallest absolute Gasteiger partial charge is 0.254 e. The molecule has 0 radical (unpaired) electrons. The lowest BCUT2D eigenvalue weighted by Crippen LogP contribution is -2.49. The zero-order valence-corrected chi connectivity index (χ0v) is 17.3. The normalized spacial score (nSPS) is 20.5. The average molecular weight is 385 g/mol. The van der Waals surface area contributed by atoms with E-state index in [0.717, 1.165) is 16.9 Å². The zero-order chi connectivity index (χ0) is 19.6. The summed E-state index contributed by atoms with van der Waals surface area (Å²) in [7, 11) is 0. The second kappa shape index (κ2) is 8.26. The van der Waals surface area contributed by atoms with Crippen LogP contribution in [0, 0.1) is 5.92 Å². The van der Waals surface area contributed by atoms with Crippen LogP contribution in [0.25, 0.3) is 0 Å². The minimum atomic E-state index is -0.398. The van der Waals surface area contributed by atoms with Gasteiger partial charge in [-0.15, -0.1) is 11.3 Å². The van der Waals surface area contributed by atoms with Gasteiger partial charge in [-0.3, -0.25) is 9.59 Å². The molecule has 2 amide bonds. The third-order valence-electron chi connectivity index (χ3n) is 5.12. The summed E-state index contributed by atoms with van der Waals surface area (Å²) >= 11 is 1.61. The molecule has 1 N–H and O–H groups in total. The Balaban J connectivity index is 2.13. The van der Waals surface area contributed by atoms with Gasteiger partial charge in [-0.1, -0.05) is 45.0 Å². The van der Waals surface area contributed by atoms with Crippen molar-refractivity contribution in [2.75, 3.05) is 6.54 Å². The fraction of sp³-hybridized carbons (Fsp3) is 0.455. The molecule has 0 spiro atoms. The van der Waals surface area contributed by atoms with Crippen LogP contribution in [0.4, 0.5) is 0 Å². The molecule has 3 rings (SSSR count).